The van der Waals surface area contributed by atoms with Crippen molar-refractivity contribution < 1.29 is 0 Å². The first-order valence-electron chi connectivity index (χ1n) is 6.19. The Hall–Kier alpha value is -2.06. The van der Waals surface area contributed by atoms with Gasteiger partial charge in [0.1, 0.15) is 5.65 Å². The Labute approximate surface area is 115 Å². The number of nitrogens with zero attached hydrogens (tertiary/aromatic N) is 2. The third-order valence-electron chi connectivity index (χ3n) is 3.57. The number of hydrogen-bond acceptors (Lipinski definition) is 1. The van der Waals surface area contributed by atoms with Crippen molar-refractivity contribution in [1.29, 1.82) is 0 Å². The summed E-state index contributed by atoms with van der Waals surface area (Å²) in [7, 11) is 0. The van der Waals surface area contributed by atoms with Crippen molar-refractivity contribution in [1.82, 2.24) is 9.38 Å². The van der Waals surface area contributed by atoms with E-state index in [9.17, 15) is 0 Å². The summed E-state index contributed by atoms with van der Waals surface area (Å²) >= 11 is 6.14. The van der Waals surface area contributed by atoms with E-state index < -0.39 is 0 Å². The van der Waals surface area contributed by atoms with Crippen LogP contribution >= 0.6 is 11.6 Å². The lowest BCUT2D eigenvalue weighted by atomic mass is 10.1. The number of halogens is 1. The number of fused-ring (bicyclic) bond motifs is 5. The first-order chi connectivity index (χ1) is 9.24. The van der Waals surface area contributed by atoms with Gasteiger partial charge in [-0.15, -0.1) is 0 Å². The minimum absolute atomic E-state index is 0.746. The molecule has 0 aliphatic rings. The molecule has 0 saturated carbocycles. The van der Waals surface area contributed by atoms with E-state index in [0.717, 1.165) is 21.6 Å². The van der Waals surface area contributed by atoms with Gasteiger partial charge >= 0.3 is 0 Å². The highest BCUT2D eigenvalue weighted by Crippen LogP contribution is 2.28. The van der Waals surface area contributed by atoms with Crippen LogP contribution in [-0.4, -0.2) is 9.38 Å². The van der Waals surface area contributed by atoms with Crippen LogP contribution in [0.5, 0.6) is 0 Å². The zero-order valence-corrected chi connectivity index (χ0v) is 11.1. The van der Waals surface area contributed by atoms with Gasteiger partial charge in [-0.2, -0.15) is 0 Å². The topological polar surface area (TPSA) is 17.3 Å². The van der Waals surface area contributed by atoms with Gasteiger partial charge in [0.2, 0.25) is 0 Å². The number of aryl methyl sites for hydroxylation is 1. The maximum atomic E-state index is 6.14. The molecule has 0 bridgehead atoms. The van der Waals surface area contributed by atoms with Crippen molar-refractivity contribution in [2.24, 2.45) is 0 Å². The smallest absolute Gasteiger partial charge is 0.144 e. The first kappa shape index (κ1) is 10.8. The minimum Gasteiger partial charge on any atom is -0.294 e. The summed E-state index contributed by atoms with van der Waals surface area (Å²) in [6.07, 6.45) is 1.83. The highest BCUT2D eigenvalue weighted by atomic mass is 35.5. The first-order valence-corrected chi connectivity index (χ1v) is 6.57. The van der Waals surface area contributed by atoms with Gasteiger partial charge in [-0.1, -0.05) is 17.7 Å². The lowest BCUT2D eigenvalue weighted by Crippen LogP contribution is -1.92. The van der Waals surface area contributed by atoms with E-state index in [2.05, 4.69) is 40.6 Å². The predicted molar refractivity (Wildman–Crippen MR) is 80.0 cm³/mol. The maximum absolute atomic E-state index is 6.14. The van der Waals surface area contributed by atoms with Crippen LogP contribution < -0.4 is 0 Å². The Morgan fingerprint density at radius 3 is 2.79 bits per heavy atom. The van der Waals surface area contributed by atoms with Crippen LogP contribution in [0.1, 0.15) is 5.56 Å². The summed E-state index contributed by atoms with van der Waals surface area (Å²) in [5.41, 5.74) is 4.51. The van der Waals surface area contributed by atoms with E-state index in [0.29, 0.717) is 0 Å². The molecule has 1 aromatic carbocycles. The van der Waals surface area contributed by atoms with Crippen molar-refractivity contribution in [2.75, 3.05) is 0 Å². The van der Waals surface area contributed by atoms with Gasteiger partial charge in [0.05, 0.1) is 11.0 Å². The molecular weight excluding hydrogens is 256 g/mol. The molecule has 3 aromatic heterocycles. The largest absolute Gasteiger partial charge is 0.294 e. The van der Waals surface area contributed by atoms with Crippen LogP contribution in [0.25, 0.3) is 27.5 Å². The number of hydrogen-bond donors (Lipinski definition) is 0. The fourth-order valence-corrected chi connectivity index (χ4v) is 2.87. The molecule has 0 aliphatic carbocycles. The molecule has 0 radical (unpaired) electrons. The summed E-state index contributed by atoms with van der Waals surface area (Å²) in [6, 6.07) is 14.4. The SMILES string of the molecule is Cc1cc2ccc(Cl)cc2n2c1cc1cccnc12. The molecule has 4 rings (SSSR count). The molecule has 3 heterocycles. The summed E-state index contributed by atoms with van der Waals surface area (Å²) in [4.78, 5) is 4.51. The Bertz CT molecular complexity index is 938. The van der Waals surface area contributed by atoms with Gasteiger partial charge in [-0.3, -0.25) is 4.40 Å². The van der Waals surface area contributed by atoms with Crippen molar-refractivity contribution in [3.8, 4) is 0 Å². The summed E-state index contributed by atoms with van der Waals surface area (Å²) in [6.45, 7) is 2.13. The monoisotopic (exact) mass is 266 g/mol. The molecule has 0 fully saturated rings. The third-order valence-corrected chi connectivity index (χ3v) is 3.81. The number of rotatable bonds is 0. The summed E-state index contributed by atoms with van der Waals surface area (Å²) in [5.74, 6) is 0. The Kier molecular flexibility index (Phi) is 2.12. The van der Waals surface area contributed by atoms with Crippen LogP contribution in [0.4, 0.5) is 0 Å². The third kappa shape index (κ3) is 1.47. The maximum Gasteiger partial charge on any atom is 0.144 e. The van der Waals surface area contributed by atoms with E-state index in [4.69, 9.17) is 11.6 Å². The van der Waals surface area contributed by atoms with Crippen LogP contribution in [0, 0.1) is 6.92 Å². The van der Waals surface area contributed by atoms with E-state index in [1.807, 2.05) is 24.4 Å². The molecule has 0 amide bonds. The van der Waals surface area contributed by atoms with Crippen LogP contribution in [-0.2, 0) is 0 Å². The quantitative estimate of drug-likeness (QED) is 0.455. The molecule has 0 aliphatic heterocycles. The van der Waals surface area contributed by atoms with E-state index in [-0.39, 0.29) is 0 Å². The van der Waals surface area contributed by atoms with E-state index in [1.165, 1.54) is 16.5 Å². The van der Waals surface area contributed by atoms with Crippen LogP contribution in [0.15, 0.2) is 48.7 Å². The average molecular weight is 267 g/mol. The molecular formula is C16H11ClN2. The lowest BCUT2D eigenvalue weighted by Gasteiger charge is -2.07. The normalized spacial score (nSPS) is 11.7. The number of pyridine rings is 2. The molecule has 0 N–H and O–H groups in total. The summed E-state index contributed by atoms with van der Waals surface area (Å²) < 4.78 is 2.19. The second kappa shape index (κ2) is 3.72. The molecule has 19 heavy (non-hydrogen) atoms. The Morgan fingerprint density at radius 1 is 1.00 bits per heavy atom. The Balaban J connectivity index is 2.38. The standard InChI is InChI=1S/C16H11ClN2/c1-10-7-11-4-5-13(17)9-15(11)19-14(10)8-12-3-2-6-18-16(12)19/h2-9H,1H3. The molecule has 0 saturated heterocycles. The Morgan fingerprint density at radius 2 is 1.89 bits per heavy atom. The van der Waals surface area contributed by atoms with Crippen LogP contribution in [0.2, 0.25) is 5.02 Å². The van der Waals surface area contributed by atoms with Crippen molar-refractivity contribution in [2.45, 2.75) is 6.92 Å². The fourth-order valence-electron chi connectivity index (χ4n) is 2.71. The van der Waals surface area contributed by atoms with Crippen molar-refractivity contribution in [3.63, 3.8) is 0 Å². The average Bonchev–Trinajstić information content (AvgIpc) is 2.80. The van der Waals surface area contributed by atoms with Gasteiger partial charge in [-0.25, -0.2) is 4.98 Å². The van der Waals surface area contributed by atoms with Gasteiger partial charge in [0, 0.05) is 16.6 Å². The zero-order valence-electron chi connectivity index (χ0n) is 10.4. The van der Waals surface area contributed by atoms with Crippen LogP contribution in [0.3, 0.4) is 0 Å². The van der Waals surface area contributed by atoms with Crippen molar-refractivity contribution in [3.05, 3.63) is 59.2 Å². The molecule has 0 atom stereocenters. The van der Waals surface area contributed by atoms with E-state index in [1.54, 1.807) is 0 Å². The van der Waals surface area contributed by atoms with Gasteiger partial charge in [0.15, 0.2) is 0 Å². The van der Waals surface area contributed by atoms with E-state index >= 15 is 0 Å². The predicted octanol–water partition coefficient (Wildman–Crippen LogP) is 4.60. The fraction of sp³-hybridized carbons (Fsp3) is 0.0625. The minimum atomic E-state index is 0.746. The molecule has 4 aromatic rings. The molecule has 2 nitrogen and oxygen atoms in total. The molecule has 92 valence electrons. The number of aromatic nitrogens is 2. The highest BCUT2D eigenvalue weighted by molar-refractivity contribution is 6.31. The number of benzene rings is 1. The zero-order chi connectivity index (χ0) is 13.0. The van der Waals surface area contributed by atoms with Gasteiger partial charge in [-0.05, 0) is 54.3 Å². The summed E-state index contributed by atoms with van der Waals surface area (Å²) in [5, 5.41) is 3.08. The van der Waals surface area contributed by atoms with Crippen molar-refractivity contribution >= 4 is 39.1 Å². The second-order valence-corrected chi connectivity index (χ2v) is 5.25. The van der Waals surface area contributed by atoms with Gasteiger partial charge in [0.25, 0.3) is 0 Å². The molecule has 3 heteroatoms. The second-order valence-electron chi connectivity index (χ2n) is 4.81. The molecule has 0 unspecified atom stereocenters. The lowest BCUT2D eigenvalue weighted by molar-refractivity contribution is 1.23. The van der Waals surface area contributed by atoms with Gasteiger partial charge < -0.3 is 0 Å². The molecule has 0 spiro atoms. The highest BCUT2D eigenvalue weighted by Gasteiger charge is 2.09.